The van der Waals surface area contributed by atoms with Crippen molar-refractivity contribution in [3.05, 3.63) is 104 Å². The Kier molecular flexibility index (Phi) is 24.7. The highest BCUT2D eigenvalue weighted by Gasteiger charge is 2.35. The number of benzene rings is 3. The zero-order valence-corrected chi connectivity index (χ0v) is 46.0. The van der Waals surface area contributed by atoms with Crippen LogP contribution in [0.15, 0.2) is 76.5 Å². The van der Waals surface area contributed by atoms with Crippen LogP contribution in [0, 0.1) is 35.8 Å². The number of aliphatic hydroxyl groups is 2. The minimum Gasteiger partial charge on any atom is -0.488 e. The predicted octanol–water partition coefficient (Wildman–Crippen LogP) is 0.0421. The molecule has 12 N–H and O–H groups in total. The van der Waals surface area contributed by atoms with E-state index in [1.54, 1.807) is 65.8 Å². The number of aliphatic hydroxyl groups excluding tert-OH is 2. The number of para-hydroxylation sites is 1. The SMILES string of the molecule is CC(=O)N[C@H](C(=O)N[C@@H](CO)C(=O)N[C@@H](C)C(=O)N[C@H](C(=O)N[C@@H](CC(C)C)C(=O)N[C@@H](CCC(N)=O)C(=O)NNC(=O)/C(=C\c1c(C)cc(C)cc1OCc1ccccc1[N+](=O)[O-])S(=O)(=O)c1ccccc1)C(C)C)[C@@H](C)O. The van der Waals surface area contributed by atoms with Gasteiger partial charge in [-0.3, -0.25) is 64.1 Å². The van der Waals surface area contributed by atoms with Crippen molar-refractivity contribution in [3.8, 4) is 5.75 Å². The number of hydrogen-bond donors (Lipinski definition) is 11. The molecule has 0 saturated carbocycles. The number of hydrazine groups is 1. The fourth-order valence-corrected chi connectivity index (χ4v) is 9.00. The van der Waals surface area contributed by atoms with Crippen molar-refractivity contribution in [1.82, 2.24) is 42.8 Å². The van der Waals surface area contributed by atoms with Crippen LogP contribution < -0.4 is 53.2 Å². The van der Waals surface area contributed by atoms with E-state index in [1.807, 2.05) is 0 Å². The molecule has 0 aliphatic heterocycles. The van der Waals surface area contributed by atoms with E-state index in [2.05, 4.69) is 42.8 Å². The number of nitro benzene ring substituents is 1. The molecule has 0 unspecified atom stereocenters. The predicted molar refractivity (Wildman–Crippen MR) is 286 cm³/mol. The van der Waals surface area contributed by atoms with Crippen molar-refractivity contribution >= 4 is 74.8 Å². The molecule has 0 saturated heterocycles. The van der Waals surface area contributed by atoms with E-state index < -0.39 is 141 Å². The van der Waals surface area contributed by atoms with Gasteiger partial charge in [0.1, 0.15) is 53.5 Å². The summed E-state index contributed by atoms with van der Waals surface area (Å²) in [6.07, 6.45) is -1.36. The second-order valence-electron chi connectivity index (χ2n) is 19.3. The minimum atomic E-state index is -4.72. The summed E-state index contributed by atoms with van der Waals surface area (Å²) in [5.74, 6) is -9.77. The van der Waals surface area contributed by atoms with Crippen LogP contribution in [0.1, 0.15) is 90.0 Å². The summed E-state index contributed by atoms with van der Waals surface area (Å²) in [6, 6.07) is 6.95. The van der Waals surface area contributed by atoms with Crippen LogP contribution in [0.25, 0.3) is 6.08 Å². The van der Waals surface area contributed by atoms with Crippen LogP contribution in [-0.2, 0) is 59.6 Å². The lowest BCUT2D eigenvalue weighted by Gasteiger charge is -2.28. The number of nitrogens with one attached hydrogen (secondary N) is 8. The van der Waals surface area contributed by atoms with Gasteiger partial charge < -0.3 is 52.6 Å². The van der Waals surface area contributed by atoms with Crippen molar-refractivity contribution in [2.24, 2.45) is 17.6 Å². The van der Waals surface area contributed by atoms with Crippen LogP contribution in [0.5, 0.6) is 5.75 Å². The Bertz CT molecular complexity index is 2880. The maximum Gasteiger partial charge on any atom is 0.281 e. The third kappa shape index (κ3) is 19.6. The Morgan fingerprint density at radius 3 is 1.87 bits per heavy atom. The number of aryl methyl sites for hydroxylation is 2. The Morgan fingerprint density at radius 1 is 0.722 bits per heavy atom. The van der Waals surface area contributed by atoms with Crippen molar-refractivity contribution in [1.29, 1.82) is 0 Å². The van der Waals surface area contributed by atoms with Gasteiger partial charge in [0, 0.05) is 25.0 Å². The van der Waals surface area contributed by atoms with E-state index in [0.717, 1.165) is 13.0 Å². The van der Waals surface area contributed by atoms with Gasteiger partial charge in [-0.15, -0.1) is 0 Å². The van der Waals surface area contributed by atoms with Crippen molar-refractivity contribution in [2.45, 2.75) is 135 Å². The lowest BCUT2D eigenvalue weighted by atomic mass is 9.99. The first kappa shape index (κ1) is 65.0. The third-order valence-corrected chi connectivity index (χ3v) is 13.6. The molecule has 430 valence electrons. The number of carbonyl (C=O) groups excluding carboxylic acids is 9. The molecule has 0 aromatic heterocycles. The summed E-state index contributed by atoms with van der Waals surface area (Å²) in [7, 11) is -4.72. The molecule has 3 aromatic carbocycles. The van der Waals surface area contributed by atoms with Crippen LogP contribution >= 0.6 is 0 Å². The number of amides is 9. The molecule has 27 heteroatoms. The second-order valence-corrected chi connectivity index (χ2v) is 21.2. The molecule has 0 radical (unpaired) electrons. The number of nitro groups is 1. The zero-order valence-electron chi connectivity index (χ0n) is 45.2. The van der Waals surface area contributed by atoms with Gasteiger partial charge in [0.25, 0.3) is 17.5 Å². The largest absolute Gasteiger partial charge is 0.488 e. The highest BCUT2D eigenvalue weighted by Crippen LogP contribution is 2.31. The van der Waals surface area contributed by atoms with Crippen molar-refractivity contribution < 1.29 is 71.4 Å². The summed E-state index contributed by atoms with van der Waals surface area (Å²) in [4.78, 5) is 129. The molecule has 7 atom stereocenters. The molecule has 0 spiro atoms. The van der Waals surface area contributed by atoms with Crippen molar-refractivity contribution in [3.63, 3.8) is 0 Å². The van der Waals surface area contributed by atoms with Gasteiger partial charge in [0.05, 0.1) is 28.1 Å². The van der Waals surface area contributed by atoms with E-state index in [4.69, 9.17) is 10.5 Å². The van der Waals surface area contributed by atoms with Crippen molar-refractivity contribution in [2.75, 3.05) is 6.61 Å². The second kappa shape index (κ2) is 30.0. The summed E-state index contributed by atoms with van der Waals surface area (Å²) >= 11 is 0. The van der Waals surface area contributed by atoms with Gasteiger partial charge in [-0.1, -0.05) is 64.1 Å². The first-order valence-electron chi connectivity index (χ1n) is 24.9. The fourth-order valence-electron chi connectivity index (χ4n) is 7.67. The molecule has 26 nitrogen and oxygen atoms in total. The van der Waals surface area contributed by atoms with Crippen LogP contribution in [0.4, 0.5) is 5.69 Å². The maximum absolute atomic E-state index is 14.3. The van der Waals surface area contributed by atoms with Crippen LogP contribution in [0.2, 0.25) is 0 Å². The number of sulfone groups is 1. The minimum absolute atomic E-state index is 0.0479. The summed E-state index contributed by atoms with van der Waals surface area (Å²) < 4.78 is 34.6. The molecule has 0 fully saturated rings. The number of rotatable bonds is 28. The molecule has 0 aliphatic rings. The van der Waals surface area contributed by atoms with Gasteiger partial charge in [-0.25, -0.2) is 8.42 Å². The average Bonchev–Trinajstić information content (AvgIpc) is 3.37. The Morgan fingerprint density at radius 2 is 1.30 bits per heavy atom. The van der Waals surface area contributed by atoms with Gasteiger partial charge in [-0.05, 0) is 93.8 Å². The number of ether oxygens (including phenoxy) is 1. The molecule has 0 heterocycles. The summed E-state index contributed by atoms with van der Waals surface area (Å²) in [5.41, 5.74) is 10.7. The molecule has 0 aliphatic carbocycles. The van der Waals surface area contributed by atoms with E-state index >= 15 is 0 Å². The molecular weight excluding hydrogens is 1050 g/mol. The molecule has 3 rings (SSSR count). The standard InChI is InChI=1S/C52H70N10O16S/c1-27(2)21-38(57-51(72)44(28(3)4)59-46(67)31(7)54-48(69)39(25-63)58-52(73)45(32(8)64)55-33(9)65)47(68)56-37(19-20-43(53)66)49(70)60-61-50(71)42(79(76,77)35-16-11-10-12-17-35)24-36-30(6)22-29(5)23-41(36)78-26-34-15-13-14-18-40(34)62(74)75/h10-18,22-24,27-28,31-32,37-39,44-45,63-64H,19-21,25-26H2,1-9H3,(H2,53,66)(H,54,69)(H,55,65)(H,56,68)(H,57,72)(H,58,73)(H,59,67)(H,60,70)(H,61,71)/b42-24+/t31-,32+,37-,38-,39-,44-,45-/m0/s1. The topological polar surface area (TPSA) is 403 Å². The number of nitrogens with zero attached hydrogens (tertiary/aromatic N) is 1. The number of nitrogens with two attached hydrogens (primary N) is 1. The maximum atomic E-state index is 14.3. The molecule has 0 bridgehead atoms. The lowest BCUT2D eigenvalue weighted by molar-refractivity contribution is -0.385. The molecule has 79 heavy (non-hydrogen) atoms. The average molecular weight is 1120 g/mol. The Hall–Kier alpha value is -8.30. The van der Waals surface area contributed by atoms with Crippen LogP contribution in [0.3, 0.4) is 0 Å². The summed E-state index contributed by atoms with van der Waals surface area (Å²) in [6.45, 7) is 12.2. The smallest absolute Gasteiger partial charge is 0.281 e. The normalized spacial score (nSPS) is 14.2. The lowest BCUT2D eigenvalue weighted by Crippen LogP contribution is -2.61. The van der Waals surface area contributed by atoms with Gasteiger partial charge in [0.15, 0.2) is 0 Å². The number of hydrogen-bond acceptors (Lipinski definition) is 16. The summed E-state index contributed by atoms with van der Waals surface area (Å²) in [5, 5.41) is 45.8. The van der Waals surface area contributed by atoms with Crippen LogP contribution in [-0.4, -0.2) is 126 Å². The zero-order chi connectivity index (χ0) is 59.5. The van der Waals surface area contributed by atoms with E-state index in [0.29, 0.717) is 11.1 Å². The van der Waals surface area contributed by atoms with Gasteiger partial charge in [0.2, 0.25) is 51.2 Å². The van der Waals surface area contributed by atoms with Gasteiger partial charge in [-0.2, -0.15) is 0 Å². The first-order chi connectivity index (χ1) is 37.0. The van der Waals surface area contributed by atoms with E-state index in [9.17, 15) is 71.9 Å². The van der Waals surface area contributed by atoms with E-state index in [1.165, 1.54) is 56.3 Å². The molecule has 9 amide bonds. The fraction of sp³-hybridized carbons (Fsp3) is 0.442. The quantitative estimate of drug-likeness (QED) is 0.0260. The number of primary amides is 1. The molecular formula is C52H70N10O16S. The third-order valence-electron chi connectivity index (χ3n) is 11.8. The Balaban J connectivity index is 1.89. The monoisotopic (exact) mass is 1120 g/mol. The number of carbonyl (C=O) groups is 9. The van der Waals surface area contributed by atoms with E-state index in [-0.39, 0.29) is 46.4 Å². The Labute approximate surface area is 456 Å². The first-order valence-corrected chi connectivity index (χ1v) is 26.4. The highest BCUT2D eigenvalue weighted by molar-refractivity contribution is 7.96. The molecule has 3 aromatic rings. The highest BCUT2D eigenvalue weighted by atomic mass is 32.2. The van der Waals surface area contributed by atoms with Gasteiger partial charge >= 0.3 is 0 Å².